The highest BCUT2D eigenvalue weighted by molar-refractivity contribution is 6.04. The van der Waals surface area contributed by atoms with Crippen LogP contribution in [0.3, 0.4) is 0 Å². The second-order valence-corrected chi connectivity index (χ2v) is 6.75. The number of benzene rings is 2. The van der Waals surface area contributed by atoms with E-state index in [0.717, 1.165) is 12.1 Å². The Hall–Kier alpha value is -3.80. The molecule has 2 heterocycles. The Morgan fingerprint density at radius 1 is 1.03 bits per heavy atom. The van der Waals surface area contributed by atoms with E-state index < -0.39 is 0 Å². The topological polar surface area (TPSA) is 76.9 Å². The molecule has 0 bridgehead atoms. The summed E-state index contributed by atoms with van der Waals surface area (Å²) in [5.74, 6) is -0.204. The van der Waals surface area contributed by atoms with Gasteiger partial charge >= 0.3 is 0 Å². The van der Waals surface area contributed by atoms with E-state index in [0.29, 0.717) is 28.0 Å². The number of aromatic nitrogens is 3. The van der Waals surface area contributed by atoms with Gasteiger partial charge in [-0.25, -0.2) is 9.97 Å². The first-order chi connectivity index (χ1) is 14.1. The summed E-state index contributed by atoms with van der Waals surface area (Å²) < 4.78 is 1.48. The number of nitrogens with one attached hydrogen (secondary N) is 1. The second-order valence-electron chi connectivity index (χ2n) is 6.75. The van der Waals surface area contributed by atoms with Crippen molar-refractivity contribution in [3.8, 4) is 11.3 Å². The maximum atomic E-state index is 12.7. The zero-order valence-electron chi connectivity index (χ0n) is 16.2. The summed E-state index contributed by atoms with van der Waals surface area (Å²) in [5, 5.41) is 2.88. The van der Waals surface area contributed by atoms with E-state index in [-0.39, 0.29) is 11.5 Å². The molecule has 144 valence electrons. The van der Waals surface area contributed by atoms with Gasteiger partial charge in [-0.15, -0.1) is 0 Å². The molecule has 0 unspecified atom stereocenters. The van der Waals surface area contributed by atoms with Crippen LogP contribution in [0, 0.1) is 0 Å². The first-order valence-corrected chi connectivity index (χ1v) is 9.39. The summed E-state index contributed by atoms with van der Waals surface area (Å²) in [7, 11) is 1.68. The molecule has 0 saturated heterocycles. The number of fused-ring (bicyclic) bond motifs is 1. The number of carbonyl (C=O) groups is 1. The zero-order valence-corrected chi connectivity index (χ0v) is 16.2. The minimum atomic E-state index is -0.232. The van der Waals surface area contributed by atoms with Crippen LogP contribution in [-0.4, -0.2) is 20.4 Å². The van der Waals surface area contributed by atoms with Crippen LogP contribution in [0.25, 0.3) is 22.4 Å². The Morgan fingerprint density at radius 3 is 2.45 bits per heavy atom. The number of hydrogen-bond acceptors (Lipinski definition) is 4. The zero-order chi connectivity index (χ0) is 20.4. The molecular weight excluding hydrogens is 364 g/mol. The van der Waals surface area contributed by atoms with Crippen LogP contribution in [0.15, 0.2) is 71.7 Å². The lowest BCUT2D eigenvalue weighted by Gasteiger charge is -2.09. The van der Waals surface area contributed by atoms with Gasteiger partial charge < -0.3 is 5.32 Å². The van der Waals surface area contributed by atoms with E-state index in [2.05, 4.69) is 22.2 Å². The molecule has 0 spiro atoms. The summed E-state index contributed by atoms with van der Waals surface area (Å²) in [6.07, 6.45) is 2.58. The maximum Gasteiger partial charge on any atom is 0.278 e. The molecule has 2 aromatic carbocycles. The average molecular weight is 384 g/mol. The van der Waals surface area contributed by atoms with Crippen molar-refractivity contribution in [1.82, 2.24) is 14.5 Å². The average Bonchev–Trinajstić information content (AvgIpc) is 2.77. The van der Waals surface area contributed by atoms with Gasteiger partial charge in [-0.05, 0) is 48.4 Å². The molecule has 0 atom stereocenters. The van der Waals surface area contributed by atoms with Crippen molar-refractivity contribution in [2.24, 2.45) is 7.05 Å². The molecule has 0 saturated carbocycles. The number of amides is 1. The lowest BCUT2D eigenvalue weighted by molar-refractivity contribution is 0.102. The van der Waals surface area contributed by atoms with E-state index >= 15 is 0 Å². The number of aryl methyl sites for hydroxylation is 2. The third-order valence-corrected chi connectivity index (χ3v) is 4.86. The molecule has 0 aliphatic heterocycles. The number of rotatable bonds is 4. The van der Waals surface area contributed by atoms with Crippen LogP contribution in [0.2, 0.25) is 0 Å². The highest BCUT2D eigenvalue weighted by Gasteiger charge is 2.12. The summed E-state index contributed by atoms with van der Waals surface area (Å²) >= 11 is 0. The molecule has 0 aliphatic rings. The third kappa shape index (κ3) is 3.65. The minimum Gasteiger partial charge on any atom is -0.322 e. The third-order valence-electron chi connectivity index (χ3n) is 4.86. The fraction of sp³-hybridized carbons (Fsp3) is 0.130. The van der Waals surface area contributed by atoms with Gasteiger partial charge in [-0.2, -0.15) is 0 Å². The summed E-state index contributed by atoms with van der Waals surface area (Å²) in [6, 6.07) is 18.2. The number of pyridine rings is 1. The standard InChI is InChI=1S/C23H20N4O2/c1-3-15-6-12-18(13-7-15)25-22(28)17-10-8-16(9-11-17)20-23(29)27(2)21-19(26-20)5-4-14-24-21/h4-14H,3H2,1-2H3,(H,25,28). The van der Waals surface area contributed by atoms with Crippen LogP contribution in [0.5, 0.6) is 0 Å². The van der Waals surface area contributed by atoms with Crippen molar-refractivity contribution in [2.45, 2.75) is 13.3 Å². The van der Waals surface area contributed by atoms with E-state index in [9.17, 15) is 9.59 Å². The summed E-state index contributed by atoms with van der Waals surface area (Å²) in [4.78, 5) is 33.9. The van der Waals surface area contributed by atoms with Gasteiger partial charge in [-0.3, -0.25) is 14.2 Å². The van der Waals surface area contributed by atoms with Gasteiger partial charge in [0.05, 0.1) is 0 Å². The predicted octanol–water partition coefficient (Wildman–Crippen LogP) is 3.81. The number of hydrogen-bond donors (Lipinski definition) is 1. The molecule has 2 aromatic heterocycles. The van der Waals surface area contributed by atoms with Crippen molar-refractivity contribution in [1.29, 1.82) is 0 Å². The lowest BCUT2D eigenvalue weighted by atomic mass is 10.1. The largest absolute Gasteiger partial charge is 0.322 e. The molecule has 1 amide bonds. The Bertz CT molecular complexity index is 1240. The summed E-state index contributed by atoms with van der Waals surface area (Å²) in [5.41, 5.74) is 4.39. The monoisotopic (exact) mass is 384 g/mol. The first-order valence-electron chi connectivity index (χ1n) is 9.39. The van der Waals surface area contributed by atoms with E-state index in [1.807, 2.05) is 30.3 Å². The normalized spacial score (nSPS) is 10.8. The molecule has 0 aliphatic carbocycles. The van der Waals surface area contributed by atoms with Crippen LogP contribution in [0.4, 0.5) is 5.69 Å². The lowest BCUT2D eigenvalue weighted by Crippen LogP contribution is -2.21. The fourth-order valence-electron chi connectivity index (χ4n) is 3.15. The summed E-state index contributed by atoms with van der Waals surface area (Å²) in [6.45, 7) is 2.09. The van der Waals surface area contributed by atoms with Crippen molar-refractivity contribution >= 4 is 22.8 Å². The van der Waals surface area contributed by atoms with Crippen LogP contribution >= 0.6 is 0 Å². The minimum absolute atomic E-state index is 0.204. The molecule has 4 aromatic rings. The molecule has 6 heteroatoms. The van der Waals surface area contributed by atoms with Gasteiger partial charge in [-0.1, -0.05) is 31.2 Å². The van der Waals surface area contributed by atoms with E-state index in [1.54, 1.807) is 43.6 Å². The number of nitrogens with zero attached hydrogens (tertiary/aromatic N) is 3. The molecule has 6 nitrogen and oxygen atoms in total. The SMILES string of the molecule is CCc1ccc(NC(=O)c2ccc(-c3nc4cccnc4n(C)c3=O)cc2)cc1. The van der Waals surface area contributed by atoms with Crippen LogP contribution in [0.1, 0.15) is 22.8 Å². The molecule has 0 radical (unpaired) electrons. The molecular formula is C23H20N4O2. The van der Waals surface area contributed by atoms with Gasteiger partial charge in [0.2, 0.25) is 0 Å². The maximum absolute atomic E-state index is 12.7. The molecule has 4 rings (SSSR count). The van der Waals surface area contributed by atoms with Gasteiger partial charge in [0.15, 0.2) is 5.65 Å². The predicted molar refractivity (Wildman–Crippen MR) is 114 cm³/mol. The Morgan fingerprint density at radius 2 is 1.76 bits per heavy atom. The highest BCUT2D eigenvalue weighted by Crippen LogP contribution is 2.18. The molecule has 1 N–H and O–H groups in total. The Balaban J connectivity index is 1.60. The van der Waals surface area contributed by atoms with Crippen LogP contribution in [-0.2, 0) is 13.5 Å². The quantitative estimate of drug-likeness (QED) is 0.580. The van der Waals surface area contributed by atoms with Gasteiger partial charge in [0, 0.05) is 30.1 Å². The van der Waals surface area contributed by atoms with Gasteiger partial charge in [0.1, 0.15) is 11.2 Å². The van der Waals surface area contributed by atoms with Crippen molar-refractivity contribution in [3.63, 3.8) is 0 Å². The van der Waals surface area contributed by atoms with Crippen molar-refractivity contribution in [2.75, 3.05) is 5.32 Å². The highest BCUT2D eigenvalue weighted by atomic mass is 16.1. The second kappa shape index (κ2) is 7.67. The van der Waals surface area contributed by atoms with E-state index in [1.165, 1.54) is 10.1 Å². The number of anilines is 1. The van der Waals surface area contributed by atoms with Crippen molar-refractivity contribution in [3.05, 3.63) is 88.3 Å². The van der Waals surface area contributed by atoms with Crippen LogP contribution < -0.4 is 10.9 Å². The molecule has 0 fully saturated rings. The smallest absolute Gasteiger partial charge is 0.278 e. The Labute approximate surface area is 167 Å². The van der Waals surface area contributed by atoms with E-state index in [4.69, 9.17) is 0 Å². The van der Waals surface area contributed by atoms with Gasteiger partial charge in [0.25, 0.3) is 11.5 Å². The Kier molecular flexibility index (Phi) is 4.91. The molecule has 29 heavy (non-hydrogen) atoms. The number of carbonyl (C=O) groups excluding carboxylic acids is 1. The van der Waals surface area contributed by atoms with Crippen molar-refractivity contribution < 1.29 is 4.79 Å². The first kappa shape index (κ1) is 18.6. The fourth-order valence-corrected chi connectivity index (χ4v) is 3.15.